The molecule has 1 atom stereocenters. The quantitative estimate of drug-likeness (QED) is 0.868. The molecule has 1 aromatic rings. The molecule has 2 N–H and O–H groups in total. The van der Waals surface area contributed by atoms with E-state index < -0.39 is 23.8 Å². The van der Waals surface area contributed by atoms with Crippen LogP contribution in [0.2, 0.25) is 0 Å². The number of aliphatic carboxylic acids is 1. The van der Waals surface area contributed by atoms with Crippen molar-refractivity contribution >= 4 is 17.7 Å². The number of hydrogen-bond acceptors (Lipinski definition) is 4. The average Bonchev–Trinajstić information content (AvgIpc) is 2.36. The predicted octanol–water partition coefficient (Wildman–Crippen LogP) is 3.58. The Hall–Kier alpha value is -2.24. The molecule has 0 saturated carbocycles. The maximum Gasteiger partial charge on any atom is 0.412 e. The summed E-state index contributed by atoms with van der Waals surface area (Å²) in [5.74, 6) is -0.558. The molecule has 1 unspecified atom stereocenters. The van der Waals surface area contributed by atoms with Crippen molar-refractivity contribution in [2.24, 2.45) is 0 Å². The van der Waals surface area contributed by atoms with Crippen LogP contribution in [-0.2, 0) is 9.53 Å². The molecular weight excluding hydrogens is 286 g/mol. The second kappa shape index (κ2) is 7.15. The smallest absolute Gasteiger partial charge is 0.412 e. The number of nitrogens with one attached hydrogen (secondary N) is 1. The van der Waals surface area contributed by atoms with E-state index in [1.54, 1.807) is 52.8 Å². The van der Waals surface area contributed by atoms with E-state index >= 15 is 0 Å². The van der Waals surface area contributed by atoms with Crippen LogP contribution < -0.4 is 10.1 Å². The van der Waals surface area contributed by atoms with Gasteiger partial charge in [0.25, 0.3) is 0 Å². The lowest BCUT2D eigenvalue weighted by Crippen LogP contribution is -2.27. The summed E-state index contributed by atoms with van der Waals surface area (Å²) in [6.07, 6.45) is -1.06. The number of hydrogen-bond donors (Lipinski definition) is 2. The van der Waals surface area contributed by atoms with Crippen molar-refractivity contribution < 1.29 is 24.2 Å². The Morgan fingerprint density at radius 1 is 1.32 bits per heavy atom. The standard InChI is InChI=1S/C16H23NO5/c1-6-13(14(18)19)21-11-7-8-12(10(2)9-11)17-15(20)22-16(3,4)5/h7-9,13H,6H2,1-5H3,(H,17,20)(H,18,19). The van der Waals surface area contributed by atoms with Crippen LogP contribution >= 0.6 is 0 Å². The van der Waals surface area contributed by atoms with Gasteiger partial charge in [-0.2, -0.15) is 0 Å². The summed E-state index contributed by atoms with van der Waals surface area (Å²) in [5, 5.41) is 11.6. The molecule has 0 bridgehead atoms. The first-order chi connectivity index (χ1) is 10.1. The zero-order valence-electron chi connectivity index (χ0n) is 13.6. The van der Waals surface area contributed by atoms with Gasteiger partial charge in [-0.3, -0.25) is 5.32 Å². The highest BCUT2D eigenvalue weighted by Gasteiger charge is 2.18. The first kappa shape index (κ1) is 17.8. The van der Waals surface area contributed by atoms with Crippen LogP contribution in [0.1, 0.15) is 39.7 Å². The minimum Gasteiger partial charge on any atom is -0.479 e. The molecule has 0 aliphatic rings. The monoisotopic (exact) mass is 309 g/mol. The summed E-state index contributed by atoms with van der Waals surface area (Å²) < 4.78 is 10.6. The van der Waals surface area contributed by atoms with Crippen molar-refractivity contribution in [3.05, 3.63) is 23.8 Å². The summed E-state index contributed by atoms with van der Waals surface area (Å²) in [4.78, 5) is 22.7. The van der Waals surface area contributed by atoms with Crippen LogP contribution in [0.5, 0.6) is 5.75 Å². The Bertz CT molecular complexity index is 548. The average molecular weight is 309 g/mol. The van der Waals surface area contributed by atoms with Gasteiger partial charge >= 0.3 is 12.1 Å². The summed E-state index contributed by atoms with van der Waals surface area (Å²) >= 11 is 0. The Balaban J connectivity index is 2.77. The molecule has 22 heavy (non-hydrogen) atoms. The Morgan fingerprint density at radius 3 is 2.41 bits per heavy atom. The molecule has 6 nitrogen and oxygen atoms in total. The van der Waals surface area contributed by atoms with E-state index in [-0.39, 0.29) is 0 Å². The third kappa shape index (κ3) is 5.63. The van der Waals surface area contributed by atoms with Crippen LogP contribution in [0.3, 0.4) is 0 Å². The second-order valence-corrected chi connectivity index (χ2v) is 5.96. The van der Waals surface area contributed by atoms with Gasteiger partial charge in [0.05, 0.1) is 0 Å². The van der Waals surface area contributed by atoms with E-state index in [0.29, 0.717) is 17.9 Å². The normalized spacial score (nSPS) is 12.4. The predicted molar refractivity (Wildman–Crippen MR) is 83.4 cm³/mol. The van der Waals surface area contributed by atoms with E-state index in [1.165, 1.54) is 0 Å². The largest absolute Gasteiger partial charge is 0.479 e. The number of carboxylic acid groups (broad SMARTS) is 1. The van der Waals surface area contributed by atoms with Crippen molar-refractivity contribution in [1.82, 2.24) is 0 Å². The number of anilines is 1. The third-order valence-electron chi connectivity index (χ3n) is 2.76. The van der Waals surface area contributed by atoms with Crippen LogP contribution in [-0.4, -0.2) is 28.9 Å². The number of carbonyl (C=O) groups is 2. The molecule has 0 fully saturated rings. The number of aryl methyl sites for hydroxylation is 1. The molecule has 122 valence electrons. The zero-order valence-corrected chi connectivity index (χ0v) is 13.6. The lowest BCUT2D eigenvalue weighted by Gasteiger charge is -2.20. The van der Waals surface area contributed by atoms with Gasteiger partial charge in [-0.1, -0.05) is 6.92 Å². The lowest BCUT2D eigenvalue weighted by atomic mass is 10.2. The maximum atomic E-state index is 11.7. The van der Waals surface area contributed by atoms with Crippen molar-refractivity contribution in [2.75, 3.05) is 5.32 Å². The lowest BCUT2D eigenvalue weighted by molar-refractivity contribution is -0.145. The van der Waals surface area contributed by atoms with E-state index in [2.05, 4.69) is 5.32 Å². The molecule has 0 aliphatic heterocycles. The molecule has 0 radical (unpaired) electrons. The minimum absolute atomic E-state index is 0.367. The fraction of sp³-hybridized carbons (Fsp3) is 0.500. The number of ether oxygens (including phenoxy) is 2. The molecule has 1 amide bonds. The Morgan fingerprint density at radius 2 is 1.95 bits per heavy atom. The van der Waals surface area contributed by atoms with Gasteiger partial charge in [-0.15, -0.1) is 0 Å². The summed E-state index contributed by atoms with van der Waals surface area (Å²) in [6.45, 7) is 8.89. The fourth-order valence-electron chi connectivity index (χ4n) is 1.74. The van der Waals surface area contributed by atoms with Crippen LogP contribution in [0, 0.1) is 6.92 Å². The van der Waals surface area contributed by atoms with Crippen LogP contribution in [0.25, 0.3) is 0 Å². The van der Waals surface area contributed by atoms with E-state index in [4.69, 9.17) is 14.6 Å². The number of benzene rings is 1. The van der Waals surface area contributed by atoms with Crippen molar-refractivity contribution in [1.29, 1.82) is 0 Å². The molecular formula is C16H23NO5. The van der Waals surface area contributed by atoms with E-state index in [9.17, 15) is 9.59 Å². The van der Waals surface area contributed by atoms with Gasteiger partial charge in [0, 0.05) is 5.69 Å². The van der Waals surface area contributed by atoms with E-state index in [1.807, 2.05) is 0 Å². The highest BCUT2D eigenvalue weighted by atomic mass is 16.6. The molecule has 0 spiro atoms. The van der Waals surface area contributed by atoms with Crippen molar-refractivity contribution in [2.45, 2.75) is 52.7 Å². The number of rotatable bonds is 5. The molecule has 0 heterocycles. The van der Waals surface area contributed by atoms with Crippen molar-refractivity contribution in [3.8, 4) is 5.75 Å². The van der Waals surface area contributed by atoms with Gasteiger partial charge in [0.15, 0.2) is 6.10 Å². The van der Waals surface area contributed by atoms with Crippen molar-refractivity contribution in [3.63, 3.8) is 0 Å². The van der Waals surface area contributed by atoms with Gasteiger partial charge in [0.2, 0.25) is 0 Å². The Kier molecular flexibility index (Phi) is 5.79. The van der Waals surface area contributed by atoms with Crippen LogP contribution in [0.4, 0.5) is 10.5 Å². The Labute approximate surface area is 130 Å². The van der Waals surface area contributed by atoms with Gasteiger partial charge in [-0.25, -0.2) is 9.59 Å². The summed E-state index contributed by atoms with van der Waals surface area (Å²) in [7, 11) is 0. The molecule has 0 aromatic heterocycles. The van der Waals surface area contributed by atoms with Gasteiger partial charge in [0.1, 0.15) is 11.4 Å². The number of amides is 1. The summed E-state index contributed by atoms with van der Waals surface area (Å²) in [5.41, 5.74) is 0.769. The van der Waals surface area contributed by atoms with Gasteiger partial charge < -0.3 is 14.6 Å². The highest BCUT2D eigenvalue weighted by Crippen LogP contribution is 2.23. The molecule has 1 rings (SSSR count). The number of carbonyl (C=O) groups excluding carboxylic acids is 1. The molecule has 0 aliphatic carbocycles. The van der Waals surface area contributed by atoms with Crippen LogP contribution in [0.15, 0.2) is 18.2 Å². The zero-order chi connectivity index (χ0) is 16.9. The SMILES string of the molecule is CCC(Oc1ccc(NC(=O)OC(C)(C)C)c(C)c1)C(=O)O. The maximum absolute atomic E-state index is 11.7. The van der Waals surface area contributed by atoms with Gasteiger partial charge in [-0.05, 0) is 57.9 Å². The summed E-state index contributed by atoms with van der Waals surface area (Å²) in [6, 6.07) is 4.95. The minimum atomic E-state index is -1.00. The molecule has 0 saturated heterocycles. The highest BCUT2D eigenvalue weighted by molar-refractivity contribution is 5.86. The molecule has 1 aromatic carbocycles. The topological polar surface area (TPSA) is 84.9 Å². The first-order valence-corrected chi connectivity index (χ1v) is 7.12. The van der Waals surface area contributed by atoms with E-state index in [0.717, 1.165) is 5.56 Å². The fourth-order valence-corrected chi connectivity index (χ4v) is 1.74. The first-order valence-electron chi connectivity index (χ1n) is 7.12. The number of carboxylic acids is 1. The third-order valence-corrected chi connectivity index (χ3v) is 2.76. The molecule has 6 heteroatoms. The second-order valence-electron chi connectivity index (χ2n) is 5.96.